The van der Waals surface area contributed by atoms with E-state index in [0.717, 1.165) is 16.9 Å². The number of anilines is 2. The van der Waals surface area contributed by atoms with Crippen LogP contribution in [0.5, 0.6) is 0 Å². The molecule has 1 aromatic heterocycles. The van der Waals surface area contributed by atoms with Crippen molar-refractivity contribution in [2.75, 3.05) is 11.9 Å². The summed E-state index contributed by atoms with van der Waals surface area (Å²) in [5, 5.41) is 9.23. The second kappa shape index (κ2) is 5.95. The fourth-order valence-corrected chi connectivity index (χ4v) is 2.35. The maximum atomic E-state index is 11.2. The Bertz CT molecular complexity index is 680. The molecule has 0 saturated heterocycles. The number of carboxylic acid groups (broad SMARTS) is 1. The lowest BCUT2D eigenvalue weighted by molar-refractivity contribution is 0.0696. The number of aryl methyl sites for hydroxylation is 3. The molecule has 0 aliphatic rings. The number of hydrogen-bond acceptors (Lipinski definition) is 3. The first-order valence-corrected chi connectivity index (χ1v) is 6.97. The van der Waals surface area contributed by atoms with Crippen molar-refractivity contribution < 1.29 is 9.90 Å². The number of carbonyl (C=O) groups is 1. The van der Waals surface area contributed by atoms with Gasteiger partial charge in [0.2, 0.25) is 0 Å². The molecule has 1 aromatic carbocycles. The summed E-state index contributed by atoms with van der Waals surface area (Å²) in [7, 11) is 1.91. The summed E-state index contributed by atoms with van der Waals surface area (Å²) in [6.07, 6.45) is 0.703. The Kier molecular flexibility index (Phi) is 4.26. The van der Waals surface area contributed by atoms with Crippen LogP contribution in [0.15, 0.2) is 30.3 Å². The molecule has 0 aliphatic heterocycles. The zero-order valence-electron chi connectivity index (χ0n) is 12.8. The molecular formula is C17H20N2O2. The quantitative estimate of drug-likeness (QED) is 0.929. The van der Waals surface area contributed by atoms with Gasteiger partial charge in [-0.3, -0.25) is 0 Å². The van der Waals surface area contributed by atoms with Crippen LogP contribution in [0, 0.1) is 13.8 Å². The topological polar surface area (TPSA) is 53.4 Å². The average Bonchev–Trinajstić information content (AvgIpc) is 2.46. The molecule has 0 aliphatic carbocycles. The van der Waals surface area contributed by atoms with E-state index in [1.807, 2.05) is 37.9 Å². The molecule has 1 heterocycles. The van der Waals surface area contributed by atoms with Crippen molar-refractivity contribution in [1.82, 2.24) is 4.98 Å². The molecule has 0 saturated carbocycles. The molecule has 0 atom stereocenters. The monoisotopic (exact) mass is 284 g/mol. The molecule has 0 spiro atoms. The van der Waals surface area contributed by atoms with Crippen molar-refractivity contribution in [3.05, 3.63) is 52.7 Å². The van der Waals surface area contributed by atoms with E-state index in [4.69, 9.17) is 0 Å². The van der Waals surface area contributed by atoms with Gasteiger partial charge in [-0.25, -0.2) is 9.78 Å². The van der Waals surface area contributed by atoms with E-state index in [0.29, 0.717) is 12.2 Å². The van der Waals surface area contributed by atoms with Gasteiger partial charge in [0, 0.05) is 18.4 Å². The summed E-state index contributed by atoms with van der Waals surface area (Å²) in [5.74, 6) is -0.277. The van der Waals surface area contributed by atoms with Gasteiger partial charge in [0.25, 0.3) is 0 Å². The predicted octanol–water partition coefficient (Wildman–Crippen LogP) is 3.73. The van der Waals surface area contributed by atoms with Crippen LogP contribution in [0.3, 0.4) is 0 Å². The highest BCUT2D eigenvalue weighted by Crippen LogP contribution is 2.27. The van der Waals surface area contributed by atoms with Crippen LogP contribution in [-0.2, 0) is 6.42 Å². The number of aromatic carboxylic acids is 1. The van der Waals surface area contributed by atoms with Crippen molar-refractivity contribution >= 4 is 17.5 Å². The van der Waals surface area contributed by atoms with Crippen molar-refractivity contribution in [1.29, 1.82) is 0 Å². The number of pyridine rings is 1. The minimum Gasteiger partial charge on any atom is -0.478 e. The molecule has 0 bridgehead atoms. The largest absolute Gasteiger partial charge is 0.478 e. The van der Waals surface area contributed by atoms with E-state index >= 15 is 0 Å². The summed E-state index contributed by atoms with van der Waals surface area (Å²) in [4.78, 5) is 17.7. The zero-order valence-corrected chi connectivity index (χ0v) is 12.8. The smallest absolute Gasteiger partial charge is 0.335 e. The Hall–Kier alpha value is -2.36. The van der Waals surface area contributed by atoms with Crippen molar-refractivity contribution in [3.8, 4) is 0 Å². The van der Waals surface area contributed by atoms with E-state index in [1.54, 1.807) is 12.1 Å². The highest BCUT2D eigenvalue weighted by atomic mass is 16.4. The predicted molar refractivity (Wildman–Crippen MR) is 84.6 cm³/mol. The van der Waals surface area contributed by atoms with Gasteiger partial charge in [-0.05, 0) is 44.0 Å². The van der Waals surface area contributed by atoms with Crippen LogP contribution < -0.4 is 4.90 Å². The molecule has 2 aromatic rings. The van der Waals surface area contributed by atoms with Gasteiger partial charge in [0.05, 0.1) is 5.56 Å². The summed E-state index contributed by atoms with van der Waals surface area (Å²) in [6.45, 7) is 6.06. The van der Waals surface area contributed by atoms with Gasteiger partial charge in [0.1, 0.15) is 5.82 Å². The molecule has 0 fully saturated rings. The molecule has 1 N–H and O–H groups in total. The van der Waals surface area contributed by atoms with Crippen LogP contribution in [0.1, 0.15) is 34.1 Å². The van der Waals surface area contributed by atoms with Crippen LogP contribution in [0.2, 0.25) is 0 Å². The lowest BCUT2D eigenvalue weighted by atomic mass is 10.1. The highest BCUT2D eigenvalue weighted by molar-refractivity contribution is 5.89. The Morgan fingerprint density at radius 2 is 1.95 bits per heavy atom. The fraction of sp³-hybridized carbons (Fsp3) is 0.294. The van der Waals surface area contributed by atoms with E-state index < -0.39 is 5.97 Å². The summed E-state index contributed by atoms with van der Waals surface area (Å²) in [6, 6.07) is 9.42. The maximum absolute atomic E-state index is 11.2. The van der Waals surface area contributed by atoms with Gasteiger partial charge in [-0.15, -0.1) is 0 Å². The molecule has 4 heteroatoms. The first-order chi connectivity index (χ1) is 9.92. The van der Waals surface area contributed by atoms with E-state index in [2.05, 4.69) is 18.0 Å². The van der Waals surface area contributed by atoms with Gasteiger partial charge in [-0.1, -0.05) is 24.6 Å². The second-order valence-electron chi connectivity index (χ2n) is 5.21. The molecule has 110 valence electrons. The normalized spacial score (nSPS) is 10.5. The first-order valence-electron chi connectivity index (χ1n) is 6.97. The molecule has 0 amide bonds. The van der Waals surface area contributed by atoms with Gasteiger partial charge >= 0.3 is 5.97 Å². The molecule has 21 heavy (non-hydrogen) atoms. The maximum Gasteiger partial charge on any atom is 0.335 e. The van der Waals surface area contributed by atoms with Crippen molar-refractivity contribution in [2.24, 2.45) is 0 Å². The molecular weight excluding hydrogens is 264 g/mol. The van der Waals surface area contributed by atoms with Crippen LogP contribution in [0.4, 0.5) is 11.5 Å². The lowest BCUT2D eigenvalue weighted by Crippen LogP contribution is -2.14. The standard InChI is InChI=1S/C17H20N2O2/c1-5-14-9-13(17(20)21)10-16(18-14)19(4)15-7-6-11(2)8-12(15)3/h6-10H,5H2,1-4H3,(H,20,21). The first kappa shape index (κ1) is 15.0. The average molecular weight is 284 g/mol. The number of aromatic nitrogens is 1. The van der Waals surface area contributed by atoms with Gasteiger partial charge in [0.15, 0.2) is 0 Å². The number of hydrogen-bond donors (Lipinski definition) is 1. The molecule has 0 unspecified atom stereocenters. The molecule has 4 nitrogen and oxygen atoms in total. The zero-order chi connectivity index (χ0) is 15.6. The summed E-state index contributed by atoms with van der Waals surface area (Å²) >= 11 is 0. The van der Waals surface area contributed by atoms with E-state index in [1.165, 1.54) is 5.56 Å². The fourth-order valence-electron chi connectivity index (χ4n) is 2.35. The number of benzene rings is 1. The minimum atomic E-state index is -0.928. The van der Waals surface area contributed by atoms with Crippen LogP contribution in [-0.4, -0.2) is 23.1 Å². The third kappa shape index (κ3) is 3.21. The van der Waals surface area contributed by atoms with Crippen molar-refractivity contribution in [2.45, 2.75) is 27.2 Å². The Morgan fingerprint density at radius 1 is 1.24 bits per heavy atom. The minimum absolute atomic E-state index is 0.272. The van der Waals surface area contributed by atoms with Crippen molar-refractivity contribution in [3.63, 3.8) is 0 Å². The number of rotatable bonds is 4. The second-order valence-corrected chi connectivity index (χ2v) is 5.21. The van der Waals surface area contributed by atoms with Gasteiger partial charge in [-0.2, -0.15) is 0 Å². The molecule has 2 rings (SSSR count). The molecule has 0 radical (unpaired) electrons. The van der Waals surface area contributed by atoms with Gasteiger partial charge < -0.3 is 10.0 Å². The highest BCUT2D eigenvalue weighted by Gasteiger charge is 2.13. The SMILES string of the molecule is CCc1cc(C(=O)O)cc(N(C)c2ccc(C)cc2C)n1. The summed E-state index contributed by atoms with van der Waals surface area (Å²) in [5.41, 5.74) is 4.41. The Balaban J connectivity index is 2.49. The lowest BCUT2D eigenvalue weighted by Gasteiger charge is -2.22. The Labute approximate surface area is 125 Å². The van der Waals surface area contributed by atoms with Crippen LogP contribution in [0.25, 0.3) is 0 Å². The number of carboxylic acids is 1. The van der Waals surface area contributed by atoms with E-state index in [9.17, 15) is 9.90 Å². The third-order valence-corrected chi connectivity index (χ3v) is 3.53. The Morgan fingerprint density at radius 3 is 2.52 bits per heavy atom. The van der Waals surface area contributed by atoms with E-state index in [-0.39, 0.29) is 5.56 Å². The number of nitrogens with zero attached hydrogens (tertiary/aromatic N) is 2. The third-order valence-electron chi connectivity index (χ3n) is 3.53. The summed E-state index contributed by atoms with van der Waals surface area (Å²) < 4.78 is 0. The van der Waals surface area contributed by atoms with Crippen LogP contribution >= 0.6 is 0 Å².